The van der Waals surface area contributed by atoms with Gasteiger partial charge < -0.3 is 5.73 Å². The van der Waals surface area contributed by atoms with E-state index >= 15 is 0 Å². The zero-order chi connectivity index (χ0) is 14.4. The molecule has 118 valence electrons. The molecule has 0 unspecified atom stereocenters. The highest BCUT2D eigenvalue weighted by Crippen LogP contribution is 2.37. The van der Waals surface area contributed by atoms with Crippen LogP contribution < -0.4 is 5.73 Å². The van der Waals surface area contributed by atoms with Crippen LogP contribution in [0.4, 0.5) is 0 Å². The lowest BCUT2D eigenvalue weighted by molar-refractivity contribution is 0.0180. The van der Waals surface area contributed by atoms with E-state index in [1.807, 2.05) is 0 Å². The quantitative estimate of drug-likeness (QED) is 0.812. The van der Waals surface area contributed by atoms with Gasteiger partial charge in [0.05, 0.1) is 0 Å². The van der Waals surface area contributed by atoms with Crippen LogP contribution in [0.2, 0.25) is 0 Å². The molecule has 0 radical (unpaired) electrons. The van der Waals surface area contributed by atoms with Crippen LogP contribution in [0.25, 0.3) is 0 Å². The summed E-state index contributed by atoms with van der Waals surface area (Å²) >= 11 is 0. The van der Waals surface area contributed by atoms with Gasteiger partial charge in [-0.05, 0) is 31.6 Å². The highest BCUT2D eigenvalue weighted by molar-refractivity contribution is 4.97. The molecule has 2 heteroatoms. The lowest BCUT2D eigenvalue weighted by atomic mass is 9.80. The molecule has 0 aromatic rings. The van der Waals surface area contributed by atoms with Crippen LogP contribution in [0.5, 0.6) is 0 Å². The Morgan fingerprint density at radius 3 is 2.00 bits per heavy atom. The smallest absolute Gasteiger partial charge is 0.0334 e. The zero-order valence-corrected chi connectivity index (χ0v) is 13.9. The number of hydrogen-bond acceptors (Lipinski definition) is 2. The van der Waals surface area contributed by atoms with Crippen molar-refractivity contribution in [3.05, 3.63) is 0 Å². The summed E-state index contributed by atoms with van der Waals surface area (Å²) in [5.74, 6) is 0.754. The SMILES string of the molecule is CC(C)CN(C1CCCC1)C1(CN)CCCCCCC1. The van der Waals surface area contributed by atoms with E-state index in [0.29, 0.717) is 5.54 Å². The van der Waals surface area contributed by atoms with Crippen LogP contribution in [0.3, 0.4) is 0 Å². The molecule has 2 aliphatic carbocycles. The average Bonchev–Trinajstić information content (AvgIpc) is 2.90. The summed E-state index contributed by atoms with van der Waals surface area (Å²) in [7, 11) is 0. The first kappa shape index (κ1) is 16.3. The molecular weight excluding hydrogens is 244 g/mol. The van der Waals surface area contributed by atoms with E-state index < -0.39 is 0 Å². The van der Waals surface area contributed by atoms with Gasteiger partial charge in [0, 0.05) is 24.7 Å². The molecular formula is C18H36N2. The second kappa shape index (κ2) is 7.79. The van der Waals surface area contributed by atoms with Crippen molar-refractivity contribution in [3.63, 3.8) is 0 Å². The standard InChI is InChI=1S/C18H36N2/c1-16(2)14-20(17-10-6-7-11-17)18(15-19)12-8-4-3-5-9-13-18/h16-17H,3-15,19H2,1-2H3. The lowest BCUT2D eigenvalue weighted by Gasteiger charge is -2.49. The van der Waals surface area contributed by atoms with Crippen LogP contribution in [-0.2, 0) is 0 Å². The molecule has 0 atom stereocenters. The summed E-state index contributed by atoms with van der Waals surface area (Å²) in [6, 6.07) is 0.820. The lowest BCUT2D eigenvalue weighted by Crippen LogP contribution is -2.58. The Bertz CT molecular complexity index is 261. The second-order valence-corrected chi connectivity index (χ2v) is 7.68. The summed E-state index contributed by atoms with van der Waals surface area (Å²) in [6.45, 7) is 6.86. The van der Waals surface area contributed by atoms with Crippen molar-refractivity contribution < 1.29 is 0 Å². The Hall–Kier alpha value is -0.0800. The van der Waals surface area contributed by atoms with Crippen LogP contribution in [0.1, 0.15) is 84.5 Å². The van der Waals surface area contributed by atoms with Gasteiger partial charge >= 0.3 is 0 Å². The molecule has 2 aliphatic rings. The Labute approximate surface area is 126 Å². The first-order valence-electron chi connectivity index (χ1n) is 9.15. The molecule has 0 saturated heterocycles. The highest BCUT2D eigenvalue weighted by atomic mass is 15.2. The van der Waals surface area contributed by atoms with Gasteiger partial charge in [0.1, 0.15) is 0 Å². The molecule has 2 rings (SSSR count). The van der Waals surface area contributed by atoms with E-state index in [1.165, 1.54) is 77.2 Å². The minimum atomic E-state index is 0.319. The van der Waals surface area contributed by atoms with Crippen LogP contribution in [0, 0.1) is 5.92 Å². The average molecular weight is 280 g/mol. The number of rotatable bonds is 5. The Morgan fingerprint density at radius 1 is 0.950 bits per heavy atom. The first-order valence-corrected chi connectivity index (χ1v) is 9.15. The van der Waals surface area contributed by atoms with Gasteiger partial charge in [0.2, 0.25) is 0 Å². The second-order valence-electron chi connectivity index (χ2n) is 7.68. The van der Waals surface area contributed by atoms with Gasteiger partial charge in [0.15, 0.2) is 0 Å². The van der Waals surface area contributed by atoms with E-state index in [1.54, 1.807) is 0 Å². The zero-order valence-electron chi connectivity index (χ0n) is 13.9. The Morgan fingerprint density at radius 2 is 1.50 bits per heavy atom. The van der Waals surface area contributed by atoms with Gasteiger partial charge in [-0.2, -0.15) is 0 Å². The first-order chi connectivity index (χ1) is 9.68. The van der Waals surface area contributed by atoms with Crippen LogP contribution >= 0.6 is 0 Å². The largest absolute Gasteiger partial charge is 0.329 e. The molecule has 2 saturated carbocycles. The Kier molecular flexibility index (Phi) is 6.35. The maximum absolute atomic E-state index is 6.36. The van der Waals surface area contributed by atoms with Gasteiger partial charge in [-0.3, -0.25) is 4.90 Å². The van der Waals surface area contributed by atoms with Crippen molar-refractivity contribution in [2.75, 3.05) is 13.1 Å². The molecule has 0 bridgehead atoms. The summed E-state index contributed by atoms with van der Waals surface area (Å²) in [4.78, 5) is 2.88. The van der Waals surface area contributed by atoms with E-state index in [0.717, 1.165) is 18.5 Å². The topological polar surface area (TPSA) is 29.3 Å². The fraction of sp³-hybridized carbons (Fsp3) is 1.00. The minimum Gasteiger partial charge on any atom is -0.329 e. The molecule has 2 nitrogen and oxygen atoms in total. The van der Waals surface area contributed by atoms with E-state index in [-0.39, 0.29) is 0 Å². The van der Waals surface area contributed by atoms with E-state index in [9.17, 15) is 0 Å². The highest BCUT2D eigenvalue weighted by Gasteiger charge is 2.39. The molecule has 2 fully saturated rings. The number of nitrogens with zero attached hydrogens (tertiary/aromatic N) is 1. The minimum absolute atomic E-state index is 0.319. The van der Waals surface area contributed by atoms with Crippen molar-refractivity contribution in [1.82, 2.24) is 4.90 Å². The number of nitrogens with two attached hydrogens (primary N) is 1. The van der Waals surface area contributed by atoms with Crippen LogP contribution in [-0.4, -0.2) is 29.6 Å². The van der Waals surface area contributed by atoms with Gasteiger partial charge in [-0.1, -0.05) is 58.8 Å². The van der Waals surface area contributed by atoms with Gasteiger partial charge in [-0.25, -0.2) is 0 Å². The maximum Gasteiger partial charge on any atom is 0.0334 e. The summed E-state index contributed by atoms with van der Waals surface area (Å²) in [6.07, 6.45) is 15.4. The third-order valence-electron chi connectivity index (χ3n) is 5.60. The van der Waals surface area contributed by atoms with E-state index in [4.69, 9.17) is 5.73 Å². The maximum atomic E-state index is 6.36. The summed E-state index contributed by atoms with van der Waals surface area (Å²) in [5, 5.41) is 0. The predicted molar refractivity (Wildman–Crippen MR) is 87.9 cm³/mol. The molecule has 0 aromatic carbocycles. The van der Waals surface area contributed by atoms with Crippen molar-refractivity contribution in [3.8, 4) is 0 Å². The fourth-order valence-corrected chi connectivity index (χ4v) is 4.51. The molecule has 2 N–H and O–H groups in total. The van der Waals surface area contributed by atoms with Crippen molar-refractivity contribution in [2.24, 2.45) is 11.7 Å². The van der Waals surface area contributed by atoms with E-state index in [2.05, 4.69) is 18.7 Å². The molecule has 0 aromatic heterocycles. The monoisotopic (exact) mass is 280 g/mol. The van der Waals surface area contributed by atoms with Crippen molar-refractivity contribution in [1.29, 1.82) is 0 Å². The van der Waals surface area contributed by atoms with Crippen molar-refractivity contribution in [2.45, 2.75) is 96.1 Å². The van der Waals surface area contributed by atoms with Crippen LogP contribution in [0.15, 0.2) is 0 Å². The third-order valence-corrected chi connectivity index (χ3v) is 5.60. The normalized spacial score (nSPS) is 25.1. The summed E-state index contributed by atoms with van der Waals surface area (Å²) in [5.41, 5.74) is 6.68. The van der Waals surface area contributed by atoms with Crippen molar-refractivity contribution >= 4 is 0 Å². The Balaban J connectivity index is 2.15. The molecule has 0 amide bonds. The van der Waals surface area contributed by atoms with Gasteiger partial charge in [-0.15, -0.1) is 0 Å². The third kappa shape index (κ3) is 3.98. The van der Waals surface area contributed by atoms with Gasteiger partial charge in [0.25, 0.3) is 0 Å². The molecule has 20 heavy (non-hydrogen) atoms. The number of hydrogen-bond donors (Lipinski definition) is 1. The summed E-state index contributed by atoms with van der Waals surface area (Å²) < 4.78 is 0. The molecule has 0 heterocycles. The predicted octanol–water partition coefficient (Wildman–Crippen LogP) is 4.33. The fourth-order valence-electron chi connectivity index (χ4n) is 4.51. The molecule has 0 aliphatic heterocycles. The molecule has 0 spiro atoms.